The normalized spacial score (nSPS) is 21.3. The number of nitrogens with one attached hydrogen (secondary N) is 1. The number of aliphatic imine (C=N–C) groups is 2. The first-order chi connectivity index (χ1) is 13.0. The zero-order valence-corrected chi connectivity index (χ0v) is 15.3. The van der Waals surface area contributed by atoms with E-state index in [0.29, 0.717) is 11.1 Å². The minimum Gasteiger partial charge on any atom is -0.462 e. The van der Waals surface area contributed by atoms with Crippen LogP contribution in [0.3, 0.4) is 0 Å². The minimum absolute atomic E-state index is 0.0541. The van der Waals surface area contributed by atoms with Crippen molar-refractivity contribution in [3.63, 3.8) is 0 Å². The zero-order chi connectivity index (χ0) is 19.0. The minimum atomic E-state index is -0.507. The Balaban J connectivity index is 1.44. The molecule has 2 unspecified atom stereocenters. The van der Waals surface area contributed by atoms with Crippen LogP contribution in [0.1, 0.15) is 23.2 Å². The van der Waals surface area contributed by atoms with E-state index in [0.717, 1.165) is 0 Å². The van der Waals surface area contributed by atoms with Gasteiger partial charge in [0.05, 0.1) is 10.0 Å². The number of nitrogens with zero attached hydrogens (tertiary/aromatic N) is 2. The summed E-state index contributed by atoms with van der Waals surface area (Å²) >= 11 is 11.4. The Kier molecular flexibility index (Phi) is 4.88. The molecule has 0 amide bonds. The smallest absolute Gasteiger partial charge is 0.293 e. The molecule has 0 aromatic heterocycles. The molecule has 0 saturated heterocycles. The molecule has 2 aliphatic heterocycles. The average molecular weight is 412 g/mol. The van der Waals surface area contributed by atoms with E-state index in [1.54, 1.807) is 12.1 Å². The fraction of sp³-hybridized carbons (Fsp3) is 0.222. The van der Waals surface area contributed by atoms with Gasteiger partial charge in [-0.3, -0.25) is 5.32 Å². The predicted molar refractivity (Wildman–Crippen MR) is 98.2 cm³/mol. The van der Waals surface area contributed by atoms with Gasteiger partial charge in [0.1, 0.15) is 36.9 Å². The average Bonchev–Trinajstić information content (AvgIpc) is 3.30. The zero-order valence-electron chi connectivity index (χ0n) is 13.8. The molecule has 5 nitrogen and oxygen atoms in total. The second-order valence-corrected chi connectivity index (χ2v) is 6.81. The van der Waals surface area contributed by atoms with E-state index in [1.165, 1.54) is 24.3 Å². The van der Waals surface area contributed by atoms with Crippen molar-refractivity contribution in [3.8, 4) is 0 Å². The highest BCUT2D eigenvalue weighted by Crippen LogP contribution is 2.28. The monoisotopic (exact) mass is 411 g/mol. The lowest BCUT2D eigenvalue weighted by Gasteiger charge is -2.05. The largest absolute Gasteiger partial charge is 0.462 e. The van der Waals surface area contributed by atoms with E-state index in [4.69, 9.17) is 32.7 Å². The maximum atomic E-state index is 13.6. The van der Waals surface area contributed by atoms with Crippen LogP contribution in [0.15, 0.2) is 46.4 Å². The van der Waals surface area contributed by atoms with Gasteiger partial charge in [-0.05, 0) is 35.4 Å². The van der Waals surface area contributed by atoms with Crippen molar-refractivity contribution < 1.29 is 18.3 Å². The molecule has 2 aromatic carbocycles. The Bertz CT molecular complexity index is 877. The van der Waals surface area contributed by atoms with Gasteiger partial charge in [0.15, 0.2) is 0 Å². The van der Waals surface area contributed by atoms with Crippen molar-refractivity contribution in [1.82, 2.24) is 5.32 Å². The number of ether oxygens (including phenoxy) is 2. The van der Waals surface area contributed by atoms with E-state index >= 15 is 0 Å². The van der Waals surface area contributed by atoms with Crippen molar-refractivity contribution in [3.05, 3.63) is 69.2 Å². The topological polar surface area (TPSA) is 55.2 Å². The van der Waals surface area contributed by atoms with Gasteiger partial charge in [0.2, 0.25) is 0 Å². The molecule has 1 N–H and O–H groups in total. The summed E-state index contributed by atoms with van der Waals surface area (Å²) < 4.78 is 38.2. The number of hydrogen-bond donors (Lipinski definition) is 1. The number of halogens is 4. The maximum Gasteiger partial charge on any atom is 0.293 e. The standard InChI is InChI=1S/C18H13Cl2F2N3O2/c19-11-3-1-9(5-13(11)21)15-7-26-17(23-15)25-18-24-16(8-27-18)10-2-4-12(20)14(22)6-10/h1-6,15-16H,7-8H2,(H,23,24,25). The number of rotatable bonds is 2. The third-order valence-corrected chi connectivity index (χ3v) is 4.79. The number of amidine groups is 2. The lowest BCUT2D eigenvalue weighted by molar-refractivity contribution is 0.293. The van der Waals surface area contributed by atoms with E-state index in [2.05, 4.69) is 15.3 Å². The summed E-state index contributed by atoms with van der Waals surface area (Å²) in [5, 5.41) is 2.95. The van der Waals surface area contributed by atoms with Crippen LogP contribution in [-0.2, 0) is 9.47 Å². The van der Waals surface area contributed by atoms with Gasteiger partial charge in [-0.2, -0.15) is 0 Å². The first-order valence-corrected chi connectivity index (χ1v) is 8.83. The first kappa shape index (κ1) is 18.0. The molecular weight excluding hydrogens is 399 g/mol. The third kappa shape index (κ3) is 3.84. The van der Waals surface area contributed by atoms with E-state index in [9.17, 15) is 8.78 Å². The van der Waals surface area contributed by atoms with Gasteiger partial charge in [-0.1, -0.05) is 35.3 Å². The Morgan fingerprint density at radius 1 is 0.815 bits per heavy atom. The fourth-order valence-corrected chi connectivity index (χ4v) is 2.99. The highest BCUT2D eigenvalue weighted by Gasteiger charge is 2.26. The molecule has 9 heteroatoms. The molecule has 140 valence electrons. The Morgan fingerprint density at radius 3 is 1.67 bits per heavy atom. The fourth-order valence-electron chi connectivity index (χ4n) is 2.76. The molecule has 2 atom stereocenters. The van der Waals surface area contributed by atoms with E-state index < -0.39 is 11.6 Å². The van der Waals surface area contributed by atoms with Crippen LogP contribution in [0.25, 0.3) is 0 Å². The van der Waals surface area contributed by atoms with Crippen LogP contribution in [-0.4, -0.2) is 25.3 Å². The van der Waals surface area contributed by atoms with Gasteiger partial charge >= 0.3 is 0 Å². The Labute approximate surface area is 163 Å². The summed E-state index contributed by atoms with van der Waals surface area (Å²) in [6.07, 6.45) is 0. The highest BCUT2D eigenvalue weighted by atomic mass is 35.5. The Hall–Kier alpha value is -2.38. The van der Waals surface area contributed by atoms with Crippen LogP contribution in [0.2, 0.25) is 10.0 Å². The van der Waals surface area contributed by atoms with Crippen molar-refractivity contribution >= 4 is 35.2 Å². The van der Waals surface area contributed by atoms with Gasteiger partial charge in [0.25, 0.3) is 12.0 Å². The summed E-state index contributed by atoms with van der Waals surface area (Å²) in [5.74, 6) is -1.01. The van der Waals surface area contributed by atoms with Gasteiger partial charge in [0, 0.05) is 0 Å². The van der Waals surface area contributed by atoms with Gasteiger partial charge in [-0.15, -0.1) is 0 Å². The summed E-state index contributed by atoms with van der Waals surface area (Å²) in [6, 6.07) is 8.73. The molecule has 0 radical (unpaired) electrons. The van der Waals surface area contributed by atoms with Gasteiger partial charge in [-0.25, -0.2) is 18.8 Å². The molecule has 2 aliphatic rings. The lowest BCUT2D eigenvalue weighted by atomic mass is 10.1. The lowest BCUT2D eigenvalue weighted by Crippen LogP contribution is -2.30. The van der Waals surface area contributed by atoms with Crippen LogP contribution in [0, 0.1) is 11.6 Å². The van der Waals surface area contributed by atoms with E-state index in [-0.39, 0.29) is 47.4 Å². The van der Waals surface area contributed by atoms with Crippen molar-refractivity contribution in [2.45, 2.75) is 12.1 Å². The quantitative estimate of drug-likeness (QED) is 0.795. The molecule has 0 fully saturated rings. The van der Waals surface area contributed by atoms with Crippen molar-refractivity contribution in [2.75, 3.05) is 13.2 Å². The highest BCUT2D eigenvalue weighted by molar-refractivity contribution is 6.31. The molecular formula is C18H13Cl2F2N3O2. The molecule has 2 aromatic rings. The number of hydrogen-bond acceptors (Lipinski definition) is 5. The molecule has 4 rings (SSSR count). The second kappa shape index (κ2) is 7.32. The third-order valence-electron chi connectivity index (χ3n) is 4.17. The molecule has 0 bridgehead atoms. The summed E-state index contributed by atoms with van der Waals surface area (Å²) in [7, 11) is 0. The summed E-state index contributed by atoms with van der Waals surface area (Å²) in [4.78, 5) is 8.70. The van der Waals surface area contributed by atoms with Crippen LogP contribution < -0.4 is 5.32 Å². The van der Waals surface area contributed by atoms with Crippen LogP contribution in [0.5, 0.6) is 0 Å². The summed E-state index contributed by atoms with van der Waals surface area (Å²) in [5.41, 5.74) is 1.30. The molecule has 0 saturated carbocycles. The predicted octanol–water partition coefficient (Wildman–Crippen LogP) is 4.42. The van der Waals surface area contributed by atoms with Gasteiger partial charge < -0.3 is 9.47 Å². The number of benzene rings is 2. The van der Waals surface area contributed by atoms with E-state index in [1.807, 2.05) is 0 Å². The maximum absolute atomic E-state index is 13.6. The van der Waals surface area contributed by atoms with Crippen molar-refractivity contribution in [2.24, 2.45) is 9.98 Å². The summed E-state index contributed by atoms with van der Waals surface area (Å²) in [6.45, 7) is 0.505. The molecule has 2 heterocycles. The second-order valence-electron chi connectivity index (χ2n) is 5.99. The first-order valence-electron chi connectivity index (χ1n) is 8.08. The van der Waals surface area contributed by atoms with Crippen LogP contribution in [0.4, 0.5) is 8.78 Å². The SMILES string of the molecule is Fc1cc(C2COC(NC3=NC(c4ccc(Cl)c(F)c4)CO3)=N2)ccc1Cl. The Morgan fingerprint density at radius 2 is 1.26 bits per heavy atom. The molecule has 0 spiro atoms. The molecule has 27 heavy (non-hydrogen) atoms. The van der Waals surface area contributed by atoms with Crippen molar-refractivity contribution in [1.29, 1.82) is 0 Å². The molecule has 0 aliphatic carbocycles. The van der Waals surface area contributed by atoms with Crippen LogP contribution >= 0.6 is 23.2 Å².